The maximum atomic E-state index is 12.8. The van der Waals surface area contributed by atoms with Gasteiger partial charge in [-0.3, -0.25) is 10.0 Å². The molecular formula is C15H18N4O4S2. The van der Waals surface area contributed by atoms with E-state index in [1.807, 2.05) is 11.0 Å². The van der Waals surface area contributed by atoms with Crippen LogP contribution in [-0.2, 0) is 10.0 Å². The smallest absolute Gasteiger partial charge is 0.286 e. The molecule has 0 atom stereocenters. The lowest BCUT2D eigenvalue weighted by atomic mass is 10.2. The van der Waals surface area contributed by atoms with Gasteiger partial charge in [0.05, 0.1) is 11.1 Å². The Morgan fingerprint density at radius 1 is 1.24 bits per heavy atom. The van der Waals surface area contributed by atoms with Crippen molar-refractivity contribution in [1.82, 2.24) is 14.8 Å². The summed E-state index contributed by atoms with van der Waals surface area (Å²) in [4.78, 5) is 18.1. The van der Waals surface area contributed by atoms with Crippen LogP contribution in [0, 0.1) is 6.92 Å². The number of carbonyl (C=O) groups is 1. The number of anilines is 1. The van der Waals surface area contributed by atoms with E-state index in [9.17, 15) is 13.2 Å². The van der Waals surface area contributed by atoms with Gasteiger partial charge in [0.1, 0.15) is 4.88 Å². The van der Waals surface area contributed by atoms with E-state index >= 15 is 0 Å². The van der Waals surface area contributed by atoms with Gasteiger partial charge >= 0.3 is 0 Å². The molecule has 2 N–H and O–H groups in total. The van der Waals surface area contributed by atoms with Gasteiger partial charge in [0.15, 0.2) is 5.13 Å². The van der Waals surface area contributed by atoms with Crippen LogP contribution in [0.25, 0.3) is 0 Å². The fourth-order valence-electron chi connectivity index (χ4n) is 2.68. The van der Waals surface area contributed by atoms with Crippen molar-refractivity contribution < 1.29 is 18.4 Å². The molecule has 0 bridgehead atoms. The standard InChI is InChI=1S/C15H18N4O4S2/c1-11-4-2-3-5-13(11)25(22,23)19-8-6-18(7-9-19)15-16-10-12(24-15)14(20)17-21/h2-5,10,21H,6-9H2,1H3,(H,17,20). The second-order valence-corrected chi connectivity index (χ2v) is 8.52. The molecule has 1 aliphatic rings. The van der Waals surface area contributed by atoms with Crippen molar-refractivity contribution in [2.24, 2.45) is 0 Å². The third kappa shape index (κ3) is 3.52. The summed E-state index contributed by atoms with van der Waals surface area (Å²) in [5, 5.41) is 9.29. The van der Waals surface area contributed by atoms with Gasteiger partial charge in [-0.05, 0) is 18.6 Å². The molecule has 0 saturated carbocycles. The van der Waals surface area contributed by atoms with Gasteiger partial charge in [0, 0.05) is 26.2 Å². The number of aromatic nitrogens is 1. The lowest BCUT2D eigenvalue weighted by Crippen LogP contribution is -2.48. The predicted octanol–water partition coefficient (Wildman–Crippen LogP) is 1.08. The van der Waals surface area contributed by atoms with Crippen LogP contribution in [0.2, 0.25) is 0 Å². The molecule has 1 aromatic carbocycles. The number of thiazole rings is 1. The van der Waals surface area contributed by atoms with Crippen molar-refractivity contribution in [1.29, 1.82) is 0 Å². The molecule has 2 heterocycles. The lowest BCUT2D eigenvalue weighted by Gasteiger charge is -2.34. The van der Waals surface area contributed by atoms with Crippen molar-refractivity contribution in [3.8, 4) is 0 Å². The van der Waals surface area contributed by atoms with E-state index < -0.39 is 15.9 Å². The molecule has 1 aromatic heterocycles. The number of nitrogens with one attached hydrogen (secondary N) is 1. The number of nitrogens with zero attached hydrogens (tertiary/aromatic N) is 3. The van der Waals surface area contributed by atoms with E-state index in [-0.39, 0.29) is 0 Å². The summed E-state index contributed by atoms with van der Waals surface area (Å²) in [5.74, 6) is -0.607. The van der Waals surface area contributed by atoms with Gasteiger partial charge in [-0.2, -0.15) is 4.31 Å². The average Bonchev–Trinajstić information content (AvgIpc) is 3.11. The van der Waals surface area contributed by atoms with Gasteiger partial charge in [0.25, 0.3) is 5.91 Å². The van der Waals surface area contributed by atoms with Crippen molar-refractivity contribution in [3.05, 3.63) is 40.9 Å². The van der Waals surface area contributed by atoms with Gasteiger partial charge in [-0.15, -0.1) is 0 Å². The topological polar surface area (TPSA) is 103 Å². The Hall–Kier alpha value is -2.01. The van der Waals surface area contributed by atoms with Crippen molar-refractivity contribution >= 4 is 32.4 Å². The monoisotopic (exact) mass is 382 g/mol. The largest absolute Gasteiger partial charge is 0.345 e. The number of sulfonamides is 1. The molecule has 8 nitrogen and oxygen atoms in total. The number of hydrogen-bond acceptors (Lipinski definition) is 7. The first-order valence-electron chi connectivity index (χ1n) is 7.64. The molecule has 10 heteroatoms. The maximum Gasteiger partial charge on any atom is 0.286 e. The van der Waals surface area contributed by atoms with E-state index in [2.05, 4.69) is 4.98 Å². The van der Waals surface area contributed by atoms with E-state index in [1.54, 1.807) is 30.6 Å². The average molecular weight is 382 g/mol. The molecule has 0 aliphatic carbocycles. The zero-order chi connectivity index (χ0) is 18.0. The molecule has 0 radical (unpaired) electrons. The fraction of sp³-hybridized carbons (Fsp3) is 0.333. The van der Waals surface area contributed by atoms with Crippen LogP contribution in [0.5, 0.6) is 0 Å². The second kappa shape index (κ2) is 7.08. The molecule has 1 saturated heterocycles. The molecule has 134 valence electrons. The number of carbonyl (C=O) groups excluding carboxylic acids is 1. The molecule has 25 heavy (non-hydrogen) atoms. The number of hydroxylamine groups is 1. The van der Waals surface area contributed by atoms with Crippen molar-refractivity contribution in [2.45, 2.75) is 11.8 Å². The lowest BCUT2D eigenvalue weighted by molar-refractivity contribution is 0.0710. The summed E-state index contributed by atoms with van der Waals surface area (Å²) in [5.41, 5.74) is 2.30. The van der Waals surface area contributed by atoms with Gasteiger partial charge in [-0.1, -0.05) is 29.5 Å². The van der Waals surface area contributed by atoms with Crippen LogP contribution in [0.15, 0.2) is 35.4 Å². The quantitative estimate of drug-likeness (QED) is 0.606. The minimum atomic E-state index is -3.52. The minimum absolute atomic E-state index is 0.299. The molecule has 3 rings (SSSR count). The number of rotatable bonds is 4. The Labute approximate surface area is 149 Å². The molecule has 0 spiro atoms. The number of hydrogen-bond donors (Lipinski definition) is 2. The van der Waals surface area contributed by atoms with E-state index in [4.69, 9.17) is 5.21 Å². The summed E-state index contributed by atoms with van der Waals surface area (Å²) in [6.45, 7) is 3.44. The van der Waals surface area contributed by atoms with Crippen LogP contribution in [0.1, 0.15) is 15.2 Å². The van der Waals surface area contributed by atoms with E-state index in [0.717, 1.165) is 16.9 Å². The highest BCUT2D eigenvalue weighted by Crippen LogP contribution is 2.26. The van der Waals surface area contributed by atoms with Crippen LogP contribution in [-0.4, -0.2) is 55.0 Å². The second-order valence-electron chi connectivity index (χ2n) is 5.60. The first-order chi connectivity index (χ1) is 11.9. The van der Waals surface area contributed by atoms with Crippen molar-refractivity contribution in [2.75, 3.05) is 31.1 Å². The van der Waals surface area contributed by atoms with Crippen molar-refractivity contribution in [3.63, 3.8) is 0 Å². The Morgan fingerprint density at radius 2 is 1.92 bits per heavy atom. The SMILES string of the molecule is Cc1ccccc1S(=O)(=O)N1CCN(c2ncc(C(=O)NO)s2)CC1. The van der Waals surface area contributed by atoms with Gasteiger partial charge in [-0.25, -0.2) is 18.9 Å². The first-order valence-corrected chi connectivity index (χ1v) is 9.90. The number of aryl methyl sites for hydroxylation is 1. The summed E-state index contributed by atoms with van der Waals surface area (Å²) in [7, 11) is -3.52. The van der Waals surface area contributed by atoms with Gasteiger partial charge < -0.3 is 4.90 Å². The molecule has 2 aromatic rings. The first kappa shape index (κ1) is 17.8. The third-order valence-electron chi connectivity index (χ3n) is 4.04. The van der Waals surface area contributed by atoms with E-state index in [1.165, 1.54) is 10.5 Å². The number of piperazine rings is 1. The Kier molecular flexibility index (Phi) is 5.04. The highest BCUT2D eigenvalue weighted by molar-refractivity contribution is 7.89. The molecule has 1 fully saturated rings. The van der Waals surface area contributed by atoms with Crippen LogP contribution in [0.4, 0.5) is 5.13 Å². The highest BCUT2D eigenvalue weighted by atomic mass is 32.2. The molecular weight excluding hydrogens is 364 g/mol. The third-order valence-corrected chi connectivity index (χ3v) is 7.16. The Morgan fingerprint density at radius 3 is 2.56 bits per heavy atom. The summed E-state index contributed by atoms with van der Waals surface area (Å²) < 4.78 is 27.1. The molecule has 0 unspecified atom stereocenters. The number of benzene rings is 1. The van der Waals surface area contributed by atoms with E-state index in [0.29, 0.717) is 41.1 Å². The normalized spacial score (nSPS) is 16.0. The fourth-order valence-corrected chi connectivity index (χ4v) is 5.18. The minimum Gasteiger partial charge on any atom is -0.345 e. The summed E-state index contributed by atoms with van der Waals surface area (Å²) >= 11 is 1.15. The summed E-state index contributed by atoms with van der Waals surface area (Å²) in [6, 6.07) is 6.94. The Bertz CT molecular complexity index is 873. The molecule has 1 aliphatic heterocycles. The zero-order valence-corrected chi connectivity index (χ0v) is 15.2. The van der Waals surface area contributed by atoms with Crippen LogP contribution >= 0.6 is 11.3 Å². The summed E-state index contributed by atoms with van der Waals surface area (Å²) in [6.07, 6.45) is 1.39. The Balaban J connectivity index is 1.70. The highest BCUT2D eigenvalue weighted by Gasteiger charge is 2.30. The number of amides is 1. The predicted molar refractivity (Wildman–Crippen MR) is 93.5 cm³/mol. The van der Waals surface area contributed by atoms with Gasteiger partial charge in [0.2, 0.25) is 10.0 Å². The van der Waals surface area contributed by atoms with Crippen LogP contribution in [0.3, 0.4) is 0 Å². The maximum absolute atomic E-state index is 12.8. The van der Waals surface area contributed by atoms with Crippen LogP contribution < -0.4 is 10.4 Å². The zero-order valence-electron chi connectivity index (χ0n) is 13.5. The molecule has 1 amide bonds.